The zero-order chi connectivity index (χ0) is 13.8. The summed E-state index contributed by atoms with van der Waals surface area (Å²) in [4.78, 5) is 11.8. The molecule has 0 saturated heterocycles. The largest absolute Gasteiger partial charge is 0.461 e. The zero-order valence-corrected chi connectivity index (χ0v) is 13.2. The normalized spacial score (nSPS) is 11.3. The Morgan fingerprint density at radius 2 is 2.06 bits per heavy atom. The number of carbonyl (C=O) groups excluding carboxylic acids is 1. The minimum atomic E-state index is -0.336. The number of carbonyl (C=O) groups is 1. The van der Waals surface area contributed by atoms with E-state index in [1.54, 1.807) is 30.0 Å². The molecule has 0 spiro atoms. The fourth-order valence-electron chi connectivity index (χ4n) is 1.30. The lowest BCUT2D eigenvalue weighted by Gasteiger charge is -2.17. The summed E-state index contributed by atoms with van der Waals surface area (Å²) >= 11 is 5.06. The average Bonchev–Trinajstić information content (AvgIpc) is 2.21. The summed E-state index contributed by atoms with van der Waals surface area (Å²) in [6, 6.07) is 5.06. The van der Waals surface area contributed by atoms with Crippen LogP contribution in [0.25, 0.3) is 0 Å². The van der Waals surface area contributed by atoms with Gasteiger partial charge >= 0.3 is 5.97 Å². The second-order valence-corrected chi connectivity index (χ2v) is 7.71. The van der Waals surface area contributed by atoms with Crippen LogP contribution >= 0.6 is 27.7 Å². The number of hydrogen-bond donors (Lipinski definition) is 1. The number of anilines is 1. The molecule has 0 bridgehead atoms. The standard InChI is InChI=1S/C13H18BrNO2S/c1-13(2,3)18-5-4-17-12(16)9-6-10(14)8-11(15)7-9/h6-8H,4-5,15H2,1-3H3. The second-order valence-electron chi connectivity index (χ2n) is 4.87. The van der Waals surface area contributed by atoms with Crippen molar-refractivity contribution < 1.29 is 9.53 Å². The Kier molecular flexibility index (Phi) is 5.53. The Hall–Kier alpha value is -0.680. The van der Waals surface area contributed by atoms with Crippen LogP contribution in [0.1, 0.15) is 31.1 Å². The monoisotopic (exact) mass is 331 g/mol. The predicted molar refractivity (Wildman–Crippen MR) is 81.0 cm³/mol. The van der Waals surface area contributed by atoms with Crippen LogP contribution in [-0.4, -0.2) is 23.1 Å². The average molecular weight is 332 g/mol. The van der Waals surface area contributed by atoms with E-state index in [0.29, 0.717) is 17.9 Å². The van der Waals surface area contributed by atoms with Crippen LogP contribution in [0.3, 0.4) is 0 Å². The van der Waals surface area contributed by atoms with Crippen LogP contribution in [-0.2, 0) is 4.74 Å². The highest BCUT2D eigenvalue weighted by molar-refractivity contribution is 9.10. The topological polar surface area (TPSA) is 52.3 Å². The third kappa shape index (κ3) is 5.78. The number of halogens is 1. The lowest BCUT2D eigenvalue weighted by atomic mass is 10.2. The van der Waals surface area contributed by atoms with Gasteiger partial charge in [-0.05, 0) is 18.2 Å². The van der Waals surface area contributed by atoms with Crippen molar-refractivity contribution in [3.05, 3.63) is 28.2 Å². The van der Waals surface area contributed by atoms with Gasteiger partial charge in [-0.15, -0.1) is 0 Å². The van der Waals surface area contributed by atoms with Gasteiger partial charge in [-0.25, -0.2) is 4.79 Å². The number of ether oxygens (including phenoxy) is 1. The van der Waals surface area contributed by atoms with E-state index in [1.165, 1.54) is 0 Å². The summed E-state index contributed by atoms with van der Waals surface area (Å²) in [6.45, 7) is 6.81. The molecular formula is C13H18BrNO2S. The van der Waals surface area contributed by atoms with Crippen molar-refractivity contribution in [2.45, 2.75) is 25.5 Å². The van der Waals surface area contributed by atoms with Crippen LogP contribution in [0.2, 0.25) is 0 Å². The number of hydrogen-bond acceptors (Lipinski definition) is 4. The van der Waals surface area contributed by atoms with Gasteiger partial charge in [-0.3, -0.25) is 0 Å². The summed E-state index contributed by atoms with van der Waals surface area (Å²) in [5.74, 6) is 0.455. The lowest BCUT2D eigenvalue weighted by molar-refractivity contribution is 0.0530. The Bertz CT molecular complexity index is 409. The molecule has 0 aliphatic heterocycles. The number of esters is 1. The van der Waals surface area contributed by atoms with E-state index in [4.69, 9.17) is 10.5 Å². The van der Waals surface area contributed by atoms with Crippen molar-refractivity contribution in [1.82, 2.24) is 0 Å². The quantitative estimate of drug-likeness (QED) is 0.519. The van der Waals surface area contributed by atoms with Crippen molar-refractivity contribution in [3.63, 3.8) is 0 Å². The van der Waals surface area contributed by atoms with E-state index in [9.17, 15) is 4.79 Å². The Labute approximate surface area is 121 Å². The van der Waals surface area contributed by atoms with Crippen LogP contribution in [0.5, 0.6) is 0 Å². The van der Waals surface area contributed by atoms with Gasteiger partial charge in [-0.2, -0.15) is 11.8 Å². The highest BCUT2D eigenvalue weighted by Gasteiger charge is 2.12. The number of thioether (sulfide) groups is 1. The first kappa shape index (κ1) is 15.4. The smallest absolute Gasteiger partial charge is 0.338 e. The molecule has 2 N–H and O–H groups in total. The molecule has 0 aliphatic rings. The summed E-state index contributed by atoms with van der Waals surface area (Å²) < 4.78 is 6.16. The molecule has 0 atom stereocenters. The lowest BCUT2D eigenvalue weighted by Crippen LogP contribution is -2.13. The first-order valence-corrected chi connectivity index (χ1v) is 7.43. The number of benzene rings is 1. The molecule has 100 valence electrons. The highest BCUT2D eigenvalue weighted by Crippen LogP contribution is 2.23. The summed E-state index contributed by atoms with van der Waals surface area (Å²) in [7, 11) is 0. The Morgan fingerprint density at radius 3 is 2.61 bits per heavy atom. The van der Waals surface area contributed by atoms with E-state index in [2.05, 4.69) is 36.7 Å². The molecule has 0 aromatic heterocycles. The predicted octanol–water partition coefficient (Wildman–Crippen LogP) is 3.72. The molecule has 0 aliphatic carbocycles. The zero-order valence-electron chi connectivity index (χ0n) is 10.8. The van der Waals surface area contributed by atoms with E-state index in [0.717, 1.165) is 10.2 Å². The van der Waals surface area contributed by atoms with Crippen LogP contribution in [0, 0.1) is 0 Å². The van der Waals surface area contributed by atoms with Crippen molar-refractivity contribution in [2.75, 3.05) is 18.1 Å². The molecule has 3 nitrogen and oxygen atoms in total. The third-order valence-corrected chi connectivity index (χ3v) is 3.70. The molecule has 0 saturated carbocycles. The van der Waals surface area contributed by atoms with Crippen molar-refractivity contribution in [3.8, 4) is 0 Å². The van der Waals surface area contributed by atoms with E-state index in [1.807, 2.05) is 0 Å². The van der Waals surface area contributed by atoms with Crippen LogP contribution in [0.15, 0.2) is 22.7 Å². The second kappa shape index (κ2) is 6.48. The van der Waals surface area contributed by atoms with Crippen molar-refractivity contribution in [2.24, 2.45) is 0 Å². The number of rotatable bonds is 4. The van der Waals surface area contributed by atoms with Gasteiger partial charge in [0.1, 0.15) is 6.61 Å². The Balaban J connectivity index is 2.46. The number of nitrogens with two attached hydrogens (primary N) is 1. The van der Waals surface area contributed by atoms with Gasteiger partial charge < -0.3 is 10.5 Å². The fraction of sp³-hybridized carbons (Fsp3) is 0.462. The molecule has 5 heteroatoms. The Morgan fingerprint density at radius 1 is 1.39 bits per heavy atom. The van der Waals surface area contributed by atoms with Gasteiger partial charge in [0.2, 0.25) is 0 Å². The minimum absolute atomic E-state index is 0.187. The maximum atomic E-state index is 11.8. The molecule has 0 amide bonds. The van der Waals surface area contributed by atoms with Gasteiger partial charge in [0, 0.05) is 20.7 Å². The molecule has 18 heavy (non-hydrogen) atoms. The van der Waals surface area contributed by atoms with E-state index >= 15 is 0 Å². The highest BCUT2D eigenvalue weighted by atomic mass is 79.9. The fourth-order valence-corrected chi connectivity index (χ4v) is 2.59. The molecule has 1 aromatic carbocycles. The van der Waals surface area contributed by atoms with E-state index in [-0.39, 0.29) is 10.7 Å². The van der Waals surface area contributed by atoms with Gasteiger partial charge in [0.15, 0.2) is 0 Å². The summed E-state index contributed by atoms with van der Waals surface area (Å²) in [6.07, 6.45) is 0. The van der Waals surface area contributed by atoms with Crippen LogP contribution < -0.4 is 5.73 Å². The molecule has 1 rings (SSSR count). The third-order valence-electron chi connectivity index (χ3n) is 2.01. The first-order valence-electron chi connectivity index (χ1n) is 5.65. The van der Waals surface area contributed by atoms with Gasteiger partial charge in [-0.1, -0.05) is 36.7 Å². The molecule has 1 aromatic rings. The van der Waals surface area contributed by atoms with E-state index < -0.39 is 0 Å². The summed E-state index contributed by atoms with van der Waals surface area (Å²) in [5.41, 5.74) is 6.68. The van der Waals surface area contributed by atoms with Gasteiger partial charge in [0.05, 0.1) is 5.56 Å². The first-order chi connectivity index (χ1) is 8.28. The van der Waals surface area contributed by atoms with Crippen molar-refractivity contribution >= 4 is 39.3 Å². The van der Waals surface area contributed by atoms with Crippen molar-refractivity contribution in [1.29, 1.82) is 0 Å². The molecule has 0 fully saturated rings. The molecule has 0 heterocycles. The summed E-state index contributed by atoms with van der Waals surface area (Å²) in [5, 5.41) is 0. The molecule has 0 radical (unpaired) electrons. The minimum Gasteiger partial charge on any atom is -0.461 e. The SMILES string of the molecule is CC(C)(C)SCCOC(=O)c1cc(N)cc(Br)c1. The van der Waals surface area contributed by atoms with Crippen LogP contribution in [0.4, 0.5) is 5.69 Å². The molecule has 0 unspecified atom stereocenters. The number of nitrogen functional groups attached to an aromatic ring is 1. The molecular weight excluding hydrogens is 314 g/mol. The maximum Gasteiger partial charge on any atom is 0.338 e. The maximum absolute atomic E-state index is 11.8. The van der Waals surface area contributed by atoms with Gasteiger partial charge in [0.25, 0.3) is 0 Å².